The molecule has 0 aromatic heterocycles. The Morgan fingerprint density at radius 3 is 2.43 bits per heavy atom. The summed E-state index contributed by atoms with van der Waals surface area (Å²) in [5, 5.41) is 0. The van der Waals surface area contributed by atoms with Crippen molar-refractivity contribution in [2.75, 3.05) is 0 Å². The topological polar surface area (TPSA) is 17.1 Å². The van der Waals surface area contributed by atoms with Gasteiger partial charge in [0.1, 0.15) is 5.78 Å². The van der Waals surface area contributed by atoms with Crippen molar-refractivity contribution in [1.29, 1.82) is 0 Å². The zero-order chi connectivity index (χ0) is 10.6. The lowest BCUT2D eigenvalue weighted by Gasteiger charge is -2.10. The normalized spacial score (nSPS) is 12.1. The summed E-state index contributed by atoms with van der Waals surface area (Å²) in [5.74, 6) is 0.364. The minimum atomic E-state index is 0.160. The van der Waals surface area contributed by atoms with Gasteiger partial charge < -0.3 is 0 Å². The van der Waals surface area contributed by atoms with Crippen LogP contribution in [0.1, 0.15) is 30.4 Å². The maximum absolute atomic E-state index is 11.0. The lowest BCUT2D eigenvalue weighted by molar-refractivity contribution is -0.117. The Morgan fingerprint density at radius 1 is 1.43 bits per heavy atom. The zero-order valence-corrected chi connectivity index (χ0v) is 8.79. The second-order valence-electron chi connectivity index (χ2n) is 3.66. The molecule has 0 amide bonds. The summed E-state index contributed by atoms with van der Waals surface area (Å²) in [6.07, 6.45) is 2.39. The number of carbonyl (C=O) groups is 1. The molecule has 0 saturated carbocycles. The third-order valence-electron chi connectivity index (χ3n) is 2.30. The summed E-state index contributed by atoms with van der Waals surface area (Å²) >= 11 is 0. The molecule has 14 heavy (non-hydrogen) atoms. The Hall–Kier alpha value is -1.37. The Bertz CT molecular complexity index is 322. The van der Waals surface area contributed by atoms with E-state index in [2.05, 4.69) is 37.8 Å². The number of hydrogen-bond acceptors (Lipinski definition) is 1. The van der Waals surface area contributed by atoms with Gasteiger partial charge in [0, 0.05) is 12.3 Å². The van der Waals surface area contributed by atoms with Crippen LogP contribution in [0.3, 0.4) is 0 Å². The zero-order valence-electron chi connectivity index (χ0n) is 8.79. The number of hydrogen-bond donors (Lipinski definition) is 0. The van der Waals surface area contributed by atoms with E-state index < -0.39 is 0 Å². The summed E-state index contributed by atoms with van der Waals surface area (Å²) in [7, 11) is 0. The summed E-state index contributed by atoms with van der Waals surface area (Å²) in [4.78, 5) is 11.0. The van der Waals surface area contributed by atoms with E-state index in [4.69, 9.17) is 0 Å². The van der Waals surface area contributed by atoms with Crippen molar-refractivity contribution in [3.8, 4) is 0 Å². The van der Waals surface area contributed by atoms with E-state index in [0.717, 1.165) is 0 Å². The van der Waals surface area contributed by atoms with Crippen LogP contribution in [0.15, 0.2) is 36.9 Å². The van der Waals surface area contributed by atoms with Crippen LogP contribution in [0.2, 0.25) is 0 Å². The maximum atomic E-state index is 11.0. The second kappa shape index (κ2) is 4.75. The predicted molar refractivity (Wildman–Crippen MR) is 59.4 cm³/mol. The van der Waals surface area contributed by atoms with Gasteiger partial charge in [-0.15, -0.1) is 6.58 Å². The van der Waals surface area contributed by atoms with Gasteiger partial charge in [-0.1, -0.05) is 35.9 Å². The van der Waals surface area contributed by atoms with Gasteiger partial charge in [-0.25, -0.2) is 0 Å². The van der Waals surface area contributed by atoms with Crippen molar-refractivity contribution < 1.29 is 4.79 Å². The van der Waals surface area contributed by atoms with Gasteiger partial charge in [0.05, 0.1) is 0 Å². The number of rotatable bonds is 4. The molecule has 0 heterocycles. The molecule has 0 saturated heterocycles. The molecule has 0 spiro atoms. The van der Waals surface area contributed by atoms with Crippen LogP contribution in [0, 0.1) is 6.92 Å². The molecule has 1 heteroatoms. The third-order valence-corrected chi connectivity index (χ3v) is 2.30. The fourth-order valence-electron chi connectivity index (χ4n) is 1.46. The Kier molecular flexibility index (Phi) is 3.63. The monoisotopic (exact) mass is 188 g/mol. The molecule has 1 atom stereocenters. The van der Waals surface area contributed by atoms with E-state index in [1.54, 1.807) is 6.92 Å². The smallest absolute Gasteiger partial charge is 0.130 e. The first kappa shape index (κ1) is 10.7. The van der Waals surface area contributed by atoms with Crippen molar-refractivity contribution in [3.05, 3.63) is 48.0 Å². The van der Waals surface area contributed by atoms with Crippen LogP contribution >= 0.6 is 0 Å². The second-order valence-corrected chi connectivity index (χ2v) is 3.66. The predicted octanol–water partition coefficient (Wildman–Crippen LogP) is 3.24. The number of benzene rings is 1. The SMILES string of the molecule is C=C[C@@H](CC(C)=O)c1ccc(C)cc1. The van der Waals surface area contributed by atoms with Gasteiger partial charge in [-0.2, -0.15) is 0 Å². The molecule has 0 N–H and O–H groups in total. The average molecular weight is 188 g/mol. The van der Waals surface area contributed by atoms with Gasteiger partial charge in [0.25, 0.3) is 0 Å². The highest BCUT2D eigenvalue weighted by atomic mass is 16.1. The van der Waals surface area contributed by atoms with Crippen LogP contribution in [0.25, 0.3) is 0 Å². The average Bonchev–Trinajstić information content (AvgIpc) is 2.15. The van der Waals surface area contributed by atoms with Gasteiger partial charge in [-0.3, -0.25) is 4.79 Å². The Balaban J connectivity index is 2.84. The summed E-state index contributed by atoms with van der Waals surface area (Å²) < 4.78 is 0. The molecule has 1 nitrogen and oxygen atoms in total. The Morgan fingerprint density at radius 2 is 2.00 bits per heavy atom. The van der Waals surface area contributed by atoms with Gasteiger partial charge in [-0.05, 0) is 19.4 Å². The lowest BCUT2D eigenvalue weighted by atomic mass is 9.94. The van der Waals surface area contributed by atoms with E-state index in [1.807, 2.05) is 6.08 Å². The van der Waals surface area contributed by atoms with Crippen molar-refractivity contribution in [2.24, 2.45) is 0 Å². The molecular weight excluding hydrogens is 172 g/mol. The van der Waals surface area contributed by atoms with Crippen molar-refractivity contribution in [2.45, 2.75) is 26.2 Å². The molecule has 0 unspecified atom stereocenters. The van der Waals surface area contributed by atoms with Gasteiger partial charge in [0.2, 0.25) is 0 Å². The van der Waals surface area contributed by atoms with E-state index in [9.17, 15) is 4.79 Å². The Labute approximate surface area is 85.5 Å². The minimum Gasteiger partial charge on any atom is -0.300 e. The first-order valence-electron chi connectivity index (χ1n) is 4.82. The lowest BCUT2D eigenvalue weighted by Crippen LogP contribution is -2.01. The molecule has 74 valence electrons. The summed E-state index contributed by atoms with van der Waals surface area (Å²) in [6.45, 7) is 7.43. The number of aryl methyl sites for hydroxylation is 1. The molecule has 0 aliphatic rings. The number of ketones is 1. The minimum absolute atomic E-state index is 0.160. The molecule has 0 radical (unpaired) electrons. The molecule has 0 aliphatic carbocycles. The van der Waals surface area contributed by atoms with Crippen LogP contribution in [-0.4, -0.2) is 5.78 Å². The molecule has 0 fully saturated rings. The van der Waals surface area contributed by atoms with Crippen LogP contribution < -0.4 is 0 Å². The fraction of sp³-hybridized carbons (Fsp3) is 0.308. The van der Waals surface area contributed by atoms with Gasteiger partial charge in [0.15, 0.2) is 0 Å². The number of Topliss-reactive ketones (excluding diaryl/α,β-unsaturated/α-hetero) is 1. The molecule has 1 rings (SSSR count). The largest absolute Gasteiger partial charge is 0.300 e. The van der Waals surface area contributed by atoms with E-state index in [-0.39, 0.29) is 11.7 Å². The van der Waals surface area contributed by atoms with Crippen LogP contribution in [0.5, 0.6) is 0 Å². The summed E-state index contributed by atoms with van der Waals surface area (Å²) in [6, 6.07) is 8.24. The van der Waals surface area contributed by atoms with Crippen LogP contribution in [-0.2, 0) is 4.79 Å². The molecule has 1 aromatic rings. The molecule has 0 aliphatic heterocycles. The van der Waals surface area contributed by atoms with Crippen molar-refractivity contribution in [3.63, 3.8) is 0 Å². The highest BCUT2D eigenvalue weighted by molar-refractivity contribution is 5.76. The van der Waals surface area contributed by atoms with Crippen molar-refractivity contribution >= 4 is 5.78 Å². The highest BCUT2D eigenvalue weighted by Gasteiger charge is 2.09. The standard InChI is InChI=1S/C13H16O/c1-4-12(9-11(3)14)13-7-5-10(2)6-8-13/h4-8,12H,1,9H2,2-3H3/t12-/m0/s1. The fourth-order valence-corrected chi connectivity index (χ4v) is 1.46. The van der Waals surface area contributed by atoms with E-state index in [0.29, 0.717) is 6.42 Å². The highest BCUT2D eigenvalue weighted by Crippen LogP contribution is 2.21. The molecule has 1 aromatic carbocycles. The third kappa shape index (κ3) is 2.84. The maximum Gasteiger partial charge on any atom is 0.130 e. The first-order valence-corrected chi connectivity index (χ1v) is 4.82. The number of carbonyl (C=O) groups excluding carboxylic acids is 1. The van der Waals surface area contributed by atoms with Crippen LogP contribution in [0.4, 0.5) is 0 Å². The number of allylic oxidation sites excluding steroid dienone is 1. The molecule has 0 bridgehead atoms. The summed E-state index contributed by atoms with van der Waals surface area (Å²) in [5.41, 5.74) is 2.40. The van der Waals surface area contributed by atoms with Gasteiger partial charge >= 0.3 is 0 Å². The quantitative estimate of drug-likeness (QED) is 0.663. The van der Waals surface area contributed by atoms with Crippen molar-refractivity contribution in [1.82, 2.24) is 0 Å². The molecular formula is C13H16O. The van der Waals surface area contributed by atoms with E-state index in [1.165, 1.54) is 11.1 Å². The van der Waals surface area contributed by atoms with E-state index >= 15 is 0 Å². The first-order chi connectivity index (χ1) is 6.63.